The predicted octanol–water partition coefficient (Wildman–Crippen LogP) is 4.66. The molecular formula is C36H58O8. The fraction of sp³-hybridized carbons (Fsp3) is 0.861. The zero-order valence-corrected chi connectivity index (χ0v) is 28.2. The third-order valence-electron chi connectivity index (χ3n) is 13.8. The topological polar surface area (TPSA) is 137 Å². The van der Waals surface area contributed by atoms with E-state index in [0.29, 0.717) is 30.8 Å². The number of ether oxygens (including phenoxy) is 2. The van der Waals surface area contributed by atoms with E-state index in [4.69, 9.17) is 9.47 Å². The third-order valence-corrected chi connectivity index (χ3v) is 13.8. The number of fused-ring (bicyclic) bond motifs is 5. The number of ketones is 1. The van der Waals surface area contributed by atoms with Crippen molar-refractivity contribution >= 4 is 5.78 Å². The molecule has 0 bridgehead atoms. The first kappa shape index (κ1) is 34.1. The van der Waals surface area contributed by atoms with Gasteiger partial charge in [-0.3, -0.25) is 4.79 Å². The monoisotopic (exact) mass is 618 g/mol. The maximum atomic E-state index is 14.3. The molecule has 0 aromatic carbocycles. The summed E-state index contributed by atoms with van der Waals surface area (Å²) in [6.45, 7) is 17.0. The highest BCUT2D eigenvalue weighted by atomic mass is 16.7. The van der Waals surface area contributed by atoms with E-state index in [1.165, 1.54) is 5.57 Å². The molecule has 8 heteroatoms. The average molecular weight is 619 g/mol. The highest BCUT2D eigenvalue weighted by Gasteiger charge is 2.71. The number of hydrogen-bond acceptors (Lipinski definition) is 8. The quantitative estimate of drug-likeness (QED) is 0.260. The summed E-state index contributed by atoms with van der Waals surface area (Å²) >= 11 is 0. The van der Waals surface area contributed by atoms with Crippen LogP contribution in [-0.4, -0.2) is 74.2 Å². The molecule has 44 heavy (non-hydrogen) atoms. The van der Waals surface area contributed by atoms with Crippen LogP contribution < -0.4 is 0 Å². The van der Waals surface area contributed by atoms with E-state index >= 15 is 0 Å². The Hall–Kier alpha value is -1.29. The standard InChI is InChI=1S/C36H58O8/c1-20(2)10-9-14-36(8,42)21-11-16-35(7)27(21)22(38)18-25-33(5)15-13-26(32(3,4)24(33)12-17-34(25,35)6)44-31-30(41)29(40)28(39)23(19-37)43-31/h10,13,21,23-25,27-31,37,39-42H,9,11-12,14-19H2,1-8H3/t21?,23?,24?,25?,27?,28-,29?,30?,31+,33+,34-,35-,36+/m1/s1. The van der Waals surface area contributed by atoms with Crippen LogP contribution in [0.1, 0.15) is 107 Å². The second-order valence-electron chi connectivity index (χ2n) is 16.8. The molecule has 1 heterocycles. The van der Waals surface area contributed by atoms with Crippen LogP contribution in [0.3, 0.4) is 0 Å². The number of allylic oxidation sites excluding steroid dienone is 4. The summed E-state index contributed by atoms with van der Waals surface area (Å²) in [6, 6.07) is 0. The normalized spacial score (nSPS) is 47.9. The van der Waals surface area contributed by atoms with Gasteiger partial charge in [-0.1, -0.05) is 46.3 Å². The lowest BCUT2D eigenvalue weighted by Crippen LogP contribution is -2.64. The maximum Gasteiger partial charge on any atom is 0.228 e. The zero-order chi connectivity index (χ0) is 32.6. The lowest BCUT2D eigenvalue weighted by Gasteiger charge is -2.68. The molecule has 5 N–H and O–H groups in total. The summed E-state index contributed by atoms with van der Waals surface area (Å²) in [5.74, 6) is 1.20. The van der Waals surface area contributed by atoms with Gasteiger partial charge >= 0.3 is 0 Å². The zero-order valence-electron chi connectivity index (χ0n) is 28.2. The molecule has 0 amide bonds. The van der Waals surface area contributed by atoms with Crippen LogP contribution in [0.25, 0.3) is 0 Å². The molecule has 8 nitrogen and oxygen atoms in total. The molecule has 5 rings (SSSR count). The number of Topliss-reactive ketones (excluding diaryl/α,β-unsaturated/α-hetero) is 1. The molecule has 0 aromatic heterocycles. The van der Waals surface area contributed by atoms with Gasteiger partial charge in [0, 0.05) is 17.8 Å². The molecule has 1 aliphatic heterocycles. The number of carbonyl (C=O) groups is 1. The summed E-state index contributed by atoms with van der Waals surface area (Å²) in [5, 5.41) is 52.6. The van der Waals surface area contributed by atoms with Crippen LogP contribution in [0.15, 0.2) is 23.5 Å². The van der Waals surface area contributed by atoms with E-state index in [0.717, 1.165) is 32.1 Å². The third kappa shape index (κ3) is 5.05. The van der Waals surface area contributed by atoms with E-state index in [1.54, 1.807) is 0 Å². The molecule has 1 saturated heterocycles. The van der Waals surface area contributed by atoms with Crippen LogP contribution in [0, 0.1) is 45.3 Å². The van der Waals surface area contributed by atoms with Crippen LogP contribution in [-0.2, 0) is 14.3 Å². The summed E-state index contributed by atoms with van der Waals surface area (Å²) < 4.78 is 12.0. The number of carbonyl (C=O) groups excluding carboxylic acids is 1. The van der Waals surface area contributed by atoms with Crippen molar-refractivity contribution in [3.05, 3.63) is 23.5 Å². The van der Waals surface area contributed by atoms with E-state index in [2.05, 4.69) is 60.6 Å². The highest BCUT2D eigenvalue weighted by molar-refractivity contribution is 5.84. The van der Waals surface area contributed by atoms with Crippen molar-refractivity contribution in [2.24, 2.45) is 45.3 Å². The Kier molecular flexibility index (Phi) is 8.86. The van der Waals surface area contributed by atoms with Gasteiger partial charge < -0.3 is 35.0 Å². The Balaban J connectivity index is 1.41. The maximum absolute atomic E-state index is 14.3. The second-order valence-corrected chi connectivity index (χ2v) is 16.8. The molecule has 0 radical (unpaired) electrons. The second kappa shape index (κ2) is 11.4. The van der Waals surface area contributed by atoms with Gasteiger partial charge in [0.05, 0.1) is 12.2 Å². The Morgan fingerprint density at radius 3 is 2.32 bits per heavy atom. The largest absolute Gasteiger partial charge is 0.466 e. The molecular weight excluding hydrogens is 560 g/mol. The molecule has 0 aromatic rings. The van der Waals surface area contributed by atoms with Gasteiger partial charge in [0.25, 0.3) is 0 Å². The summed E-state index contributed by atoms with van der Waals surface area (Å²) in [4.78, 5) is 14.3. The van der Waals surface area contributed by atoms with E-state index in [1.807, 2.05) is 6.92 Å². The minimum Gasteiger partial charge on any atom is -0.466 e. The minimum atomic E-state index is -1.50. The van der Waals surface area contributed by atoms with Crippen molar-refractivity contribution in [2.75, 3.05) is 6.61 Å². The van der Waals surface area contributed by atoms with Gasteiger partial charge in [0.2, 0.25) is 6.29 Å². The van der Waals surface area contributed by atoms with Gasteiger partial charge in [-0.15, -0.1) is 0 Å². The molecule has 4 aliphatic carbocycles. The van der Waals surface area contributed by atoms with Crippen LogP contribution in [0.5, 0.6) is 0 Å². The van der Waals surface area contributed by atoms with Gasteiger partial charge in [0.1, 0.15) is 36.0 Å². The Morgan fingerprint density at radius 1 is 1.02 bits per heavy atom. The first-order valence-corrected chi connectivity index (χ1v) is 16.9. The van der Waals surface area contributed by atoms with Crippen molar-refractivity contribution in [3.63, 3.8) is 0 Å². The van der Waals surface area contributed by atoms with Crippen molar-refractivity contribution in [3.8, 4) is 0 Å². The molecule has 5 aliphatic rings. The predicted molar refractivity (Wildman–Crippen MR) is 167 cm³/mol. The highest BCUT2D eigenvalue weighted by Crippen LogP contribution is 2.75. The first-order valence-electron chi connectivity index (χ1n) is 16.9. The summed E-state index contributed by atoms with van der Waals surface area (Å²) in [7, 11) is 0. The molecule has 3 saturated carbocycles. The Bertz CT molecular complexity index is 1170. The number of hydrogen-bond donors (Lipinski definition) is 5. The van der Waals surface area contributed by atoms with Gasteiger partial charge in [-0.25, -0.2) is 0 Å². The van der Waals surface area contributed by atoms with Crippen molar-refractivity contribution in [2.45, 2.75) is 143 Å². The lowest BCUT2D eigenvalue weighted by molar-refractivity contribution is -0.297. The number of aliphatic hydroxyl groups is 5. The smallest absolute Gasteiger partial charge is 0.228 e. The lowest BCUT2D eigenvalue weighted by atomic mass is 9.36. The van der Waals surface area contributed by atoms with E-state index < -0.39 is 48.3 Å². The average Bonchev–Trinajstić information content (AvgIpc) is 3.32. The van der Waals surface area contributed by atoms with Crippen LogP contribution >= 0.6 is 0 Å². The van der Waals surface area contributed by atoms with E-state index in [-0.39, 0.29) is 39.9 Å². The molecule has 7 unspecified atom stereocenters. The first-order chi connectivity index (χ1) is 20.3. The number of rotatable bonds is 7. The molecule has 13 atom stereocenters. The van der Waals surface area contributed by atoms with Gasteiger partial charge in [-0.05, 0) is 106 Å². The Labute approximate surface area is 263 Å². The van der Waals surface area contributed by atoms with E-state index in [9.17, 15) is 30.3 Å². The van der Waals surface area contributed by atoms with Crippen LogP contribution in [0.2, 0.25) is 0 Å². The van der Waals surface area contributed by atoms with Crippen molar-refractivity contribution in [1.82, 2.24) is 0 Å². The van der Waals surface area contributed by atoms with Gasteiger partial charge in [0.15, 0.2) is 0 Å². The van der Waals surface area contributed by atoms with Crippen LogP contribution in [0.4, 0.5) is 0 Å². The minimum absolute atomic E-state index is 0.0323. The summed E-state index contributed by atoms with van der Waals surface area (Å²) in [5.41, 5.74) is -0.487. The fourth-order valence-electron chi connectivity index (χ4n) is 11.0. The van der Waals surface area contributed by atoms with Crippen molar-refractivity contribution in [1.29, 1.82) is 0 Å². The fourth-order valence-corrected chi connectivity index (χ4v) is 11.0. The van der Waals surface area contributed by atoms with Crippen molar-refractivity contribution < 1.29 is 39.8 Å². The molecule has 0 spiro atoms. The summed E-state index contributed by atoms with van der Waals surface area (Å²) in [6.07, 6.45) is 4.11. The molecule has 4 fully saturated rings. The number of aliphatic hydroxyl groups excluding tert-OH is 4. The molecule has 250 valence electrons. The Morgan fingerprint density at radius 2 is 1.68 bits per heavy atom. The SMILES string of the molecule is CC(C)=CCC[C@](C)(O)C1CC[C@]2(C)C1C(=O)CC1[C@@]3(C)CC=C(O[C@@H]4OC(CO)[C@@H](O)C(O)C4O)C(C)(C)C3CC[C@]12C. The van der Waals surface area contributed by atoms with Gasteiger partial charge in [-0.2, -0.15) is 0 Å².